The molecule has 0 aliphatic carbocycles. The van der Waals surface area contributed by atoms with E-state index < -0.39 is 5.41 Å². The maximum atomic E-state index is 11.6. The van der Waals surface area contributed by atoms with E-state index in [0.29, 0.717) is 16.4 Å². The number of carbonyl (C=O) groups excluding carboxylic acids is 1. The van der Waals surface area contributed by atoms with Gasteiger partial charge in [0.2, 0.25) is 0 Å². The van der Waals surface area contributed by atoms with E-state index in [4.69, 9.17) is 16.9 Å². The fraction of sp³-hybridized carbons (Fsp3) is 0.400. The number of thiophene rings is 1. The predicted octanol–water partition coefficient (Wildman–Crippen LogP) is 2.68. The van der Waals surface area contributed by atoms with Crippen LogP contribution in [-0.2, 0) is 0 Å². The molecule has 1 amide bonds. The molecule has 1 aromatic rings. The Morgan fingerprint density at radius 3 is 2.87 bits per heavy atom. The van der Waals surface area contributed by atoms with Crippen molar-refractivity contribution in [1.29, 1.82) is 5.26 Å². The third-order valence-corrected chi connectivity index (χ3v) is 3.16. The first kappa shape index (κ1) is 12.0. The first-order valence-electron chi connectivity index (χ1n) is 4.39. The molecule has 0 aliphatic heterocycles. The number of hydrogen-bond donors (Lipinski definition) is 1. The molecule has 0 saturated carbocycles. The zero-order valence-electron chi connectivity index (χ0n) is 8.50. The smallest absolute Gasteiger partial charge is 0.262 e. The van der Waals surface area contributed by atoms with E-state index in [0.717, 1.165) is 0 Å². The van der Waals surface area contributed by atoms with Gasteiger partial charge in [0.15, 0.2) is 0 Å². The van der Waals surface area contributed by atoms with E-state index in [2.05, 4.69) is 11.4 Å². The number of nitrogens with zero attached hydrogens (tertiary/aromatic N) is 1. The maximum absolute atomic E-state index is 11.6. The van der Waals surface area contributed by atoms with Gasteiger partial charge in [0, 0.05) is 6.54 Å². The van der Waals surface area contributed by atoms with Crippen molar-refractivity contribution in [1.82, 2.24) is 5.32 Å². The highest BCUT2D eigenvalue weighted by atomic mass is 35.5. The van der Waals surface area contributed by atoms with Gasteiger partial charge in [-0.05, 0) is 25.3 Å². The lowest BCUT2D eigenvalue weighted by Crippen LogP contribution is -2.32. The summed E-state index contributed by atoms with van der Waals surface area (Å²) in [5.41, 5.74) is -0.556. The van der Waals surface area contributed by atoms with E-state index in [1.165, 1.54) is 11.3 Å². The topological polar surface area (TPSA) is 52.9 Å². The van der Waals surface area contributed by atoms with Gasteiger partial charge in [0.05, 0.1) is 16.5 Å². The zero-order valence-corrected chi connectivity index (χ0v) is 10.1. The van der Waals surface area contributed by atoms with Crippen molar-refractivity contribution in [3.8, 4) is 6.07 Å². The number of hydrogen-bond acceptors (Lipinski definition) is 3. The second kappa shape index (κ2) is 4.65. The van der Waals surface area contributed by atoms with Crippen molar-refractivity contribution in [3.63, 3.8) is 0 Å². The fourth-order valence-electron chi connectivity index (χ4n) is 0.877. The third kappa shape index (κ3) is 3.22. The standard InChI is InChI=1S/C10H11ClN2OS/c1-10(2,5-12)6-13-9(14)8-7(11)3-4-15-8/h3-4H,6H2,1-2H3,(H,13,14). The number of carbonyl (C=O) groups is 1. The summed E-state index contributed by atoms with van der Waals surface area (Å²) in [7, 11) is 0. The van der Waals surface area contributed by atoms with Crippen molar-refractivity contribution in [2.24, 2.45) is 5.41 Å². The first-order chi connectivity index (χ1) is 6.96. The molecule has 0 bridgehead atoms. The Kier molecular flexibility index (Phi) is 3.72. The minimum absolute atomic E-state index is 0.224. The van der Waals surface area contributed by atoms with Crippen molar-refractivity contribution in [3.05, 3.63) is 21.3 Å². The van der Waals surface area contributed by atoms with Gasteiger partial charge < -0.3 is 5.32 Å². The van der Waals surface area contributed by atoms with Crippen molar-refractivity contribution < 1.29 is 4.79 Å². The molecular weight excluding hydrogens is 232 g/mol. The second-order valence-electron chi connectivity index (χ2n) is 3.78. The molecule has 0 aliphatic rings. The second-order valence-corrected chi connectivity index (χ2v) is 5.10. The first-order valence-corrected chi connectivity index (χ1v) is 5.64. The van der Waals surface area contributed by atoms with Gasteiger partial charge in [-0.3, -0.25) is 4.79 Å². The Morgan fingerprint density at radius 2 is 2.40 bits per heavy atom. The van der Waals surface area contributed by atoms with Crippen LogP contribution in [0.4, 0.5) is 0 Å². The maximum Gasteiger partial charge on any atom is 0.262 e. The number of rotatable bonds is 3. The molecular formula is C10H11ClN2OS. The molecule has 0 unspecified atom stereocenters. The molecule has 0 aromatic carbocycles. The fourth-order valence-corrected chi connectivity index (χ4v) is 1.93. The Balaban J connectivity index is 2.59. The molecule has 0 spiro atoms. The van der Waals surface area contributed by atoms with Gasteiger partial charge in [-0.25, -0.2) is 0 Å². The van der Waals surface area contributed by atoms with Crippen LogP contribution in [0.15, 0.2) is 11.4 Å². The Bertz CT molecular complexity index is 406. The third-order valence-electron chi connectivity index (χ3n) is 1.82. The number of amides is 1. The van der Waals surface area contributed by atoms with Crippen LogP contribution in [0.1, 0.15) is 23.5 Å². The van der Waals surface area contributed by atoms with E-state index >= 15 is 0 Å². The van der Waals surface area contributed by atoms with Crippen LogP contribution in [-0.4, -0.2) is 12.5 Å². The van der Waals surface area contributed by atoms with Gasteiger partial charge in [0.25, 0.3) is 5.91 Å². The van der Waals surface area contributed by atoms with E-state index in [9.17, 15) is 4.79 Å². The molecule has 3 nitrogen and oxygen atoms in total. The molecule has 80 valence electrons. The summed E-state index contributed by atoms with van der Waals surface area (Å²) < 4.78 is 0. The Labute approximate surface area is 97.7 Å². The zero-order chi connectivity index (χ0) is 11.5. The number of nitrogens with one attached hydrogen (secondary N) is 1. The summed E-state index contributed by atoms with van der Waals surface area (Å²) in [6.45, 7) is 3.85. The van der Waals surface area contributed by atoms with Gasteiger partial charge in [0.1, 0.15) is 4.88 Å². The van der Waals surface area contributed by atoms with Gasteiger partial charge in [-0.15, -0.1) is 11.3 Å². The van der Waals surface area contributed by atoms with Crippen molar-refractivity contribution in [2.45, 2.75) is 13.8 Å². The quantitative estimate of drug-likeness (QED) is 0.886. The Morgan fingerprint density at radius 1 is 1.73 bits per heavy atom. The molecule has 1 aromatic heterocycles. The molecule has 1 heterocycles. The highest BCUT2D eigenvalue weighted by Crippen LogP contribution is 2.22. The lowest BCUT2D eigenvalue weighted by molar-refractivity contribution is 0.0948. The number of nitriles is 1. The van der Waals surface area contributed by atoms with Gasteiger partial charge in [-0.2, -0.15) is 5.26 Å². The summed E-state index contributed by atoms with van der Waals surface area (Å²) in [4.78, 5) is 12.1. The molecule has 5 heteroatoms. The summed E-state index contributed by atoms with van der Waals surface area (Å²) in [5.74, 6) is -0.224. The Hall–Kier alpha value is -1.05. The van der Waals surface area contributed by atoms with Crippen LogP contribution in [0.2, 0.25) is 5.02 Å². The van der Waals surface area contributed by atoms with Crippen LogP contribution in [0.25, 0.3) is 0 Å². The van der Waals surface area contributed by atoms with Gasteiger partial charge in [-0.1, -0.05) is 11.6 Å². The van der Waals surface area contributed by atoms with Gasteiger partial charge >= 0.3 is 0 Å². The van der Waals surface area contributed by atoms with Crippen LogP contribution >= 0.6 is 22.9 Å². The summed E-state index contributed by atoms with van der Waals surface area (Å²) in [6, 6.07) is 3.79. The molecule has 0 saturated heterocycles. The summed E-state index contributed by atoms with van der Waals surface area (Å²) in [5, 5.41) is 13.7. The van der Waals surface area contributed by atoms with Crippen LogP contribution in [0.3, 0.4) is 0 Å². The minimum Gasteiger partial charge on any atom is -0.350 e. The van der Waals surface area contributed by atoms with Crippen molar-refractivity contribution >= 4 is 28.8 Å². The molecule has 0 radical (unpaired) electrons. The normalized spacial score (nSPS) is 10.8. The average molecular weight is 243 g/mol. The monoisotopic (exact) mass is 242 g/mol. The van der Waals surface area contributed by atoms with Crippen molar-refractivity contribution in [2.75, 3.05) is 6.54 Å². The minimum atomic E-state index is -0.556. The van der Waals surface area contributed by atoms with E-state index in [1.54, 1.807) is 25.3 Å². The summed E-state index contributed by atoms with van der Waals surface area (Å²) >= 11 is 7.09. The lowest BCUT2D eigenvalue weighted by Gasteiger charge is -2.15. The summed E-state index contributed by atoms with van der Waals surface area (Å²) in [6.07, 6.45) is 0. The molecule has 0 fully saturated rings. The highest BCUT2D eigenvalue weighted by Gasteiger charge is 2.19. The molecule has 1 N–H and O–H groups in total. The predicted molar refractivity (Wildman–Crippen MR) is 61.1 cm³/mol. The van der Waals surface area contributed by atoms with Crippen LogP contribution in [0.5, 0.6) is 0 Å². The van der Waals surface area contributed by atoms with E-state index in [1.807, 2.05) is 0 Å². The average Bonchev–Trinajstić information content (AvgIpc) is 2.61. The highest BCUT2D eigenvalue weighted by molar-refractivity contribution is 7.12. The van der Waals surface area contributed by atoms with Crippen LogP contribution < -0.4 is 5.32 Å². The number of halogens is 1. The largest absolute Gasteiger partial charge is 0.350 e. The van der Waals surface area contributed by atoms with E-state index in [-0.39, 0.29) is 5.91 Å². The lowest BCUT2D eigenvalue weighted by atomic mass is 9.96. The SMILES string of the molecule is CC(C)(C#N)CNC(=O)c1sccc1Cl. The molecule has 0 atom stereocenters. The molecule has 15 heavy (non-hydrogen) atoms. The molecule has 1 rings (SSSR count). The van der Waals surface area contributed by atoms with Crippen LogP contribution in [0, 0.1) is 16.7 Å².